The van der Waals surface area contributed by atoms with Crippen LogP contribution in [-0.2, 0) is 4.79 Å². The number of hydrogen-bond donors (Lipinski definition) is 1. The summed E-state index contributed by atoms with van der Waals surface area (Å²) < 4.78 is 14.2. The number of nitrogens with one attached hydrogen (secondary N) is 1. The Labute approximate surface area is 118 Å². The molecule has 0 aliphatic carbocycles. The minimum atomic E-state index is -0.361. The minimum Gasteiger partial charge on any atom is -0.374 e. The molecule has 0 saturated heterocycles. The smallest absolute Gasteiger partial charge is 0.250 e. The summed E-state index contributed by atoms with van der Waals surface area (Å²) in [5, 5.41) is 3.05. The lowest BCUT2D eigenvalue weighted by molar-refractivity contribution is -0.116. The number of rotatable bonds is 1. The third-order valence-electron chi connectivity index (χ3n) is 2.95. The SMILES string of the molecule is O=C1CNc2ccc(Br)cc2N1c1cccc(F)c1. The number of carbonyl (C=O) groups is 1. The first-order valence-corrected chi connectivity index (χ1v) is 6.56. The summed E-state index contributed by atoms with van der Waals surface area (Å²) in [7, 11) is 0. The summed E-state index contributed by atoms with van der Waals surface area (Å²) in [5.41, 5.74) is 2.11. The molecule has 5 heteroatoms. The molecule has 0 spiro atoms. The maximum atomic E-state index is 13.3. The maximum absolute atomic E-state index is 13.3. The van der Waals surface area contributed by atoms with Crippen molar-refractivity contribution in [2.75, 3.05) is 16.8 Å². The van der Waals surface area contributed by atoms with Crippen LogP contribution in [0.2, 0.25) is 0 Å². The van der Waals surface area contributed by atoms with Crippen molar-refractivity contribution in [3.8, 4) is 0 Å². The quantitative estimate of drug-likeness (QED) is 0.869. The summed E-state index contributed by atoms with van der Waals surface area (Å²) >= 11 is 3.39. The molecule has 0 unspecified atom stereocenters. The van der Waals surface area contributed by atoms with Gasteiger partial charge in [-0.05, 0) is 36.4 Å². The molecular weight excluding hydrogens is 311 g/mol. The van der Waals surface area contributed by atoms with Gasteiger partial charge in [-0.2, -0.15) is 0 Å². The van der Waals surface area contributed by atoms with Gasteiger partial charge >= 0.3 is 0 Å². The molecule has 1 amide bonds. The average molecular weight is 321 g/mol. The largest absolute Gasteiger partial charge is 0.374 e. The lowest BCUT2D eigenvalue weighted by atomic mass is 10.1. The van der Waals surface area contributed by atoms with E-state index in [0.29, 0.717) is 5.69 Å². The second kappa shape index (κ2) is 4.66. The molecule has 3 nitrogen and oxygen atoms in total. The summed E-state index contributed by atoms with van der Waals surface area (Å²) in [5.74, 6) is -0.475. The number of amides is 1. The lowest BCUT2D eigenvalue weighted by Gasteiger charge is -2.30. The van der Waals surface area contributed by atoms with E-state index in [0.717, 1.165) is 15.8 Å². The van der Waals surface area contributed by atoms with Crippen LogP contribution in [0, 0.1) is 5.82 Å². The molecule has 1 heterocycles. The fourth-order valence-electron chi connectivity index (χ4n) is 2.12. The van der Waals surface area contributed by atoms with E-state index in [1.54, 1.807) is 12.1 Å². The van der Waals surface area contributed by atoms with Gasteiger partial charge in [0.05, 0.1) is 23.6 Å². The molecule has 19 heavy (non-hydrogen) atoms. The van der Waals surface area contributed by atoms with E-state index in [4.69, 9.17) is 0 Å². The van der Waals surface area contributed by atoms with E-state index in [2.05, 4.69) is 21.2 Å². The van der Waals surface area contributed by atoms with Crippen LogP contribution in [0.1, 0.15) is 0 Å². The first kappa shape index (κ1) is 12.2. The van der Waals surface area contributed by atoms with Crippen LogP contribution >= 0.6 is 15.9 Å². The number of hydrogen-bond acceptors (Lipinski definition) is 2. The highest BCUT2D eigenvalue weighted by molar-refractivity contribution is 9.10. The highest BCUT2D eigenvalue weighted by atomic mass is 79.9. The van der Waals surface area contributed by atoms with E-state index in [1.165, 1.54) is 17.0 Å². The van der Waals surface area contributed by atoms with Crippen molar-refractivity contribution in [3.63, 3.8) is 0 Å². The summed E-state index contributed by atoms with van der Waals surface area (Å²) in [6.45, 7) is 0.200. The number of anilines is 3. The van der Waals surface area contributed by atoms with E-state index < -0.39 is 0 Å². The second-order valence-electron chi connectivity index (χ2n) is 4.22. The van der Waals surface area contributed by atoms with Crippen molar-refractivity contribution in [2.24, 2.45) is 0 Å². The van der Waals surface area contributed by atoms with E-state index >= 15 is 0 Å². The predicted octanol–water partition coefficient (Wildman–Crippen LogP) is 3.68. The van der Waals surface area contributed by atoms with Crippen LogP contribution in [0.25, 0.3) is 0 Å². The molecule has 0 saturated carbocycles. The van der Waals surface area contributed by atoms with Crippen LogP contribution in [0.3, 0.4) is 0 Å². The van der Waals surface area contributed by atoms with Gasteiger partial charge in [0, 0.05) is 4.47 Å². The molecule has 0 radical (unpaired) electrons. The third-order valence-corrected chi connectivity index (χ3v) is 3.44. The van der Waals surface area contributed by atoms with Crippen molar-refractivity contribution >= 4 is 38.9 Å². The van der Waals surface area contributed by atoms with Gasteiger partial charge in [0.1, 0.15) is 5.82 Å². The normalized spacial score (nSPS) is 14.0. The Bertz CT molecular complexity index is 660. The first-order valence-electron chi connectivity index (χ1n) is 5.77. The zero-order valence-corrected chi connectivity index (χ0v) is 11.4. The van der Waals surface area contributed by atoms with Gasteiger partial charge in [-0.1, -0.05) is 22.0 Å². The Balaban J connectivity index is 2.15. The Hall–Kier alpha value is -1.88. The van der Waals surface area contributed by atoms with Crippen molar-refractivity contribution < 1.29 is 9.18 Å². The molecular formula is C14H10BrFN2O. The molecule has 0 atom stereocenters. The molecule has 1 aliphatic heterocycles. The Morgan fingerprint density at radius 1 is 1.21 bits per heavy atom. The molecule has 0 fully saturated rings. The predicted molar refractivity (Wildman–Crippen MR) is 76.2 cm³/mol. The highest BCUT2D eigenvalue weighted by Gasteiger charge is 2.25. The van der Waals surface area contributed by atoms with Crippen LogP contribution in [0.4, 0.5) is 21.5 Å². The highest BCUT2D eigenvalue weighted by Crippen LogP contribution is 2.37. The zero-order valence-electron chi connectivity index (χ0n) is 9.86. The van der Waals surface area contributed by atoms with Gasteiger partial charge < -0.3 is 5.32 Å². The molecule has 2 aromatic rings. The van der Waals surface area contributed by atoms with E-state index in [9.17, 15) is 9.18 Å². The summed E-state index contributed by atoms with van der Waals surface area (Å²) in [6, 6.07) is 11.6. The van der Waals surface area contributed by atoms with Crippen LogP contribution < -0.4 is 10.2 Å². The number of fused-ring (bicyclic) bond motifs is 1. The Morgan fingerprint density at radius 2 is 2.05 bits per heavy atom. The molecule has 0 aromatic heterocycles. The molecule has 0 bridgehead atoms. The van der Waals surface area contributed by atoms with Gasteiger partial charge in [0.15, 0.2) is 0 Å². The van der Waals surface area contributed by atoms with Gasteiger partial charge in [0.2, 0.25) is 0 Å². The number of carbonyl (C=O) groups excluding carboxylic acids is 1. The fourth-order valence-corrected chi connectivity index (χ4v) is 2.47. The fraction of sp³-hybridized carbons (Fsp3) is 0.0714. The van der Waals surface area contributed by atoms with Gasteiger partial charge in [-0.3, -0.25) is 9.69 Å². The van der Waals surface area contributed by atoms with Crippen LogP contribution in [0.5, 0.6) is 0 Å². The third kappa shape index (κ3) is 2.21. The second-order valence-corrected chi connectivity index (χ2v) is 5.14. The lowest BCUT2D eigenvalue weighted by Crippen LogP contribution is -2.36. The topological polar surface area (TPSA) is 32.3 Å². The standard InChI is InChI=1S/C14H10BrFN2O/c15-9-4-5-12-13(6-9)18(14(19)8-17-12)11-3-1-2-10(16)7-11/h1-7,17H,8H2. The number of halogens is 2. The van der Waals surface area contributed by atoms with Crippen molar-refractivity contribution in [3.05, 3.63) is 52.8 Å². The Morgan fingerprint density at radius 3 is 2.84 bits per heavy atom. The minimum absolute atomic E-state index is 0.115. The average Bonchev–Trinajstić information content (AvgIpc) is 2.38. The van der Waals surface area contributed by atoms with Crippen molar-refractivity contribution in [2.45, 2.75) is 0 Å². The number of nitrogens with zero attached hydrogens (tertiary/aromatic N) is 1. The van der Waals surface area contributed by atoms with Crippen LogP contribution in [0.15, 0.2) is 46.9 Å². The van der Waals surface area contributed by atoms with Gasteiger partial charge in [-0.25, -0.2) is 4.39 Å². The number of benzene rings is 2. The molecule has 1 aliphatic rings. The summed E-state index contributed by atoms with van der Waals surface area (Å²) in [6.07, 6.45) is 0. The molecule has 96 valence electrons. The Kier molecular flexibility index (Phi) is 2.98. The zero-order chi connectivity index (χ0) is 13.4. The van der Waals surface area contributed by atoms with Crippen molar-refractivity contribution in [1.82, 2.24) is 0 Å². The van der Waals surface area contributed by atoms with E-state index in [-0.39, 0.29) is 18.3 Å². The molecule has 3 rings (SSSR count). The molecule has 2 aromatic carbocycles. The van der Waals surface area contributed by atoms with Crippen molar-refractivity contribution in [1.29, 1.82) is 0 Å². The first-order chi connectivity index (χ1) is 9.15. The molecule has 1 N–H and O–H groups in total. The monoisotopic (exact) mass is 320 g/mol. The maximum Gasteiger partial charge on any atom is 0.250 e. The van der Waals surface area contributed by atoms with E-state index in [1.807, 2.05) is 18.2 Å². The van der Waals surface area contributed by atoms with Gasteiger partial charge in [-0.15, -0.1) is 0 Å². The van der Waals surface area contributed by atoms with Crippen LogP contribution in [-0.4, -0.2) is 12.5 Å². The van der Waals surface area contributed by atoms with Gasteiger partial charge in [0.25, 0.3) is 5.91 Å². The summed E-state index contributed by atoms with van der Waals surface area (Å²) in [4.78, 5) is 13.6.